The molecule has 45 heavy (non-hydrogen) atoms. The first kappa shape index (κ1) is 45.6. The molecule has 1 aliphatic rings. The maximum Gasteiger partial charge on any atom is 0.372 e. The predicted molar refractivity (Wildman–Crippen MR) is 184 cm³/mol. The summed E-state index contributed by atoms with van der Waals surface area (Å²) < 4.78 is 27.2. The second-order valence-corrected chi connectivity index (χ2v) is 16.5. The fraction of sp³-hybridized carbons (Fsp3) is 0.448. The molecule has 0 spiro atoms. The van der Waals surface area contributed by atoms with Crippen molar-refractivity contribution < 1.29 is 47.3 Å². The lowest BCUT2D eigenvalue weighted by atomic mass is 10.2. The van der Waals surface area contributed by atoms with E-state index in [9.17, 15) is 9.59 Å². The minimum atomic E-state index is -1.96. The molecule has 0 aliphatic carbocycles. The normalized spacial score (nSPS) is 13.1. The average molecular weight is 751 g/mol. The van der Waals surface area contributed by atoms with Crippen molar-refractivity contribution in [3.63, 3.8) is 0 Å². The summed E-state index contributed by atoms with van der Waals surface area (Å²) in [6.07, 6.45) is 0. The van der Waals surface area contributed by atoms with Gasteiger partial charge in [0.2, 0.25) is 0 Å². The number of carbonyl (C=O) groups excluding carboxylic acids is 1. The van der Waals surface area contributed by atoms with E-state index in [1.165, 1.54) is 24.3 Å². The molecule has 1 fully saturated rings. The third-order valence-electron chi connectivity index (χ3n) is 5.23. The van der Waals surface area contributed by atoms with Crippen LogP contribution >= 0.6 is 46.4 Å². The lowest BCUT2D eigenvalue weighted by Gasteiger charge is -2.23. The molecule has 1 unspecified atom stereocenters. The van der Waals surface area contributed by atoms with Gasteiger partial charge in [-0.1, -0.05) is 35.3 Å². The standard InChI is InChI=1S/C7H5ClO3.C7H5ClO2.C7H16O3Si.C7H16O2Si.CH2Cl2/c8-6-3-1-2-5(4-6)7(9)11-10;8-6-3-1-2-5(4-6)7(9)10;1-4-9-11(3,10-5-2)7-6-8-7;1-5-8-10(4,7-3)9-6-2;2-1-3/h1-4,10H;1-4H,(H,9,10);7H,4-6H2,1-3H3;7H,3,5-6H2,1-2,4H3;1H2. The molecule has 10 nitrogen and oxygen atoms in total. The van der Waals surface area contributed by atoms with Crippen LogP contribution in [0.2, 0.25) is 23.1 Å². The molecule has 1 aliphatic heterocycles. The first-order chi connectivity index (χ1) is 21.3. The van der Waals surface area contributed by atoms with Crippen LogP contribution in [0.4, 0.5) is 0 Å². The molecule has 2 aromatic carbocycles. The molecule has 1 heterocycles. The zero-order valence-electron chi connectivity index (χ0n) is 26.4. The highest BCUT2D eigenvalue weighted by molar-refractivity contribution is 6.71. The Hall–Kier alpha value is -1.53. The third kappa shape index (κ3) is 21.8. The number of carboxylic acid groups (broad SMARTS) is 1. The van der Waals surface area contributed by atoms with E-state index in [1.54, 1.807) is 30.0 Å². The quantitative estimate of drug-likeness (QED) is 0.0717. The lowest BCUT2D eigenvalue weighted by Crippen LogP contribution is -2.45. The van der Waals surface area contributed by atoms with Gasteiger partial charge in [-0.3, -0.25) is 4.89 Å². The van der Waals surface area contributed by atoms with E-state index >= 15 is 0 Å². The minimum absolute atomic E-state index is 0.194. The van der Waals surface area contributed by atoms with Crippen molar-refractivity contribution in [1.29, 1.82) is 0 Å². The number of halogens is 4. The van der Waals surface area contributed by atoms with Gasteiger partial charge >= 0.3 is 29.1 Å². The van der Waals surface area contributed by atoms with Crippen LogP contribution in [0.5, 0.6) is 0 Å². The molecule has 0 bridgehead atoms. The Labute approximate surface area is 288 Å². The van der Waals surface area contributed by atoms with Crippen LogP contribution in [0, 0.1) is 0 Å². The molecule has 2 N–H and O–H groups in total. The van der Waals surface area contributed by atoms with E-state index in [1.807, 2.05) is 34.2 Å². The summed E-state index contributed by atoms with van der Waals surface area (Å²) in [4.78, 5) is 24.4. The zero-order valence-corrected chi connectivity index (χ0v) is 31.4. The summed E-state index contributed by atoms with van der Waals surface area (Å²) in [5.41, 5.74) is 2.52. The Bertz CT molecular complexity index is 1100. The third-order valence-corrected chi connectivity index (χ3v) is 11.4. The topological polar surface area (TPSA) is 133 Å². The number of rotatable bonds is 12. The van der Waals surface area contributed by atoms with Crippen LogP contribution in [0.25, 0.3) is 0 Å². The van der Waals surface area contributed by atoms with Gasteiger partial charge in [0.15, 0.2) is 0 Å². The fourth-order valence-corrected chi connectivity index (χ4v) is 7.32. The monoisotopic (exact) mass is 748 g/mol. The number of epoxide rings is 1. The Morgan fingerprint density at radius 3 is 1.58 bits per heavy atom. The maximum atomic E-state index is 10.6. The molecule has 256 valence electrons. The van der Waals surface area contributed by atoms with Gasteiger partial charge in [0.1, 0.15) is 5.73 Å². The molecule has 0 aromatic heterocycles. The molecule has 1 saturated heterocycles. The van der Waals surface area contributed by atoms with Crippen molar-refractivity contribution in [2.45, 2.75) is 46.5 Å². The summed E-state index contributed by atoms with van der Waals surface area (Å²) in [6.45, 7) is 19.3. The molecule has 2 aromatic rings. The first-order valence-corrected chi connectivity index (χ1v) is 20.4. The summed E-state index contributed by atoms with van der Waals surface area (Å²) in [7, 11) is -3.90. The highest BCUT2D eigenvalue weighted by atomic mass is 35.5. The van der Waals surface area contributed by atoms with Crippen molar-refractivity contribution in [3.8, 4) is 0 Å². The number of benzene rings is 2. The van der Waals surface area contributed by atoms with Crippen LogP contribution in [0.15, 0.2) is 60.8 Å². The van der Waals surface area contributed by atoms with Gasteiger partial charge in [-0.25, -0.2) is 9.59 Å². The minimum Gasteiger partial charge on any atom is -0.478 e. The number of carbonyl (C=O) groups is 2. The summed E-state index contributed by atoms with van der Waals surface area (Å²) in [5, 5.41) is 17.5. The Morgan fingerprint density at radius 1 is 0.889 bits per heavy atom. The van der Waals surface area contributed by atoms with Gasteiger partial charge in [-0.05, 0) is 82.9 Å². The number of hydrogen-bond acceptors (Lipinski definition) is 9. The predicted octanol–water partition coefficient (Wildman–Crippen LogP) is 8.36. The number of aromatic carboxylic acids is 1. The number of alkyl halides is 2. The van der Waals surface area contributed by atoms with Crippen molar-refractivity contribution in [1.82, 2.24) is 0 Å². The van der Waals surface area contributed by atoms with E-state index in [2.05, 4.69) is 18.0 Å². The molecule has 0 amide bonds. The van der Waals surface area contributed by atoms with Crippen LogP contribution < -0.4 is 0 Å². The molecule has 3 rings (SSSR count). The van der Waals surface area contributed by atoms with E-state index in [0.29, 0.717) is 23.3 Å². The maximum absolute atomic E-state index is 10.6. The summed E-state index contributed by atoms with van der Waals surface area (Å²) in [5.74, 6) is -1.77. The number of hydrogen-bond donors (Lipinski definition) is 2. The smallest absolute Gasteiger partial charge is 0.372 e. The van der Waals surface area contributed by atoms with Crippen LogP contribution in [0.3, 0.4) is 0 Å². The molecule has 0 saturated carbocycles. The Kier molecular flexibility index (Phi) is 26.9. The van der Waals surface area contributed by atoms with Crippen molar-refractivity contribution in [2.24, 2.45) is 0 Å². The number of carboxylic acids is 1. The summed E-state index contributed by atoms with van der Waals surface area (Å²) >= 11 is 20.6. The molecule has 16 heteroatoms. The van der Waals surface area contributed by atoms with Gasteiger partial charge in [0.25, 0.3) is 0 Å². The van der Waals surface area contributed by atoms with E-state index in [-0.39, 0.29) is 22.2 Å². The van der Waals surface area contributed by atoms with Gasteiger partial charge in [0, 0.05) is 36.5 Å². The highest BCUT2D eigenvalue weighted by Crippen LogP contribution is 2.25. The largest absolute Gasteiger partial charge is 0.478 e. The van der Waals surface area contributed by atoms with Crippen molar-refractivity contribution in [2.75, 3.05) is 38.4 Å². The van der Waals surface area contributed by atoms with Gasteiger partial charge in [-0.2, -0.15) is 5.26 Å². The zero-order chi connectivity index (χ0) is 34.9. The van der Waals surface area contributed by atoms with E-state index in [0.717, 1.165) is 19.8 Å². The average Bonchev–Trinajstić information content (AvgIpc) is 3.85. The Morgan fingerprint density at radius 2 is 1.29 bits per heavy atom. The SMILES string of the molecule is C=C[Si](C)(OCC)OCC.CCO[Si](C)(OCC)C1CO1.ClCCl.O=C(O)c1cccc(Cl)c1.O=C(OO)c1cccc(Cl)c1. The number of ether oxygens (including phenoxy) is 1. The van der Waals surface area contributed by atoms with E-state index in [4.69, 9.17) is 79.2 Å². The van der Waals surface area contributed by atoms with E-state index < -0.39 is 29.1 Å². The van der Waals surface area contributed by atoms with Crippen molar-refractivity contribution in [3.05, 3.63) is 82.0 Å². The fourth-order valence-electron chi connectivity index (χ4n) is 3.17. The lowest BCUT2D eigenvalue weighted by molar-refractivity contribution is -0.182. The van der Waals surface area contributed by atoms with Crippen molar-refractivity contribution >= 4 is 75.5 Å². The Balaban J connectivity index is 0. The second kappa shape index (κ2) is 26.5. The molecule has 0 radical (unpaired) electrons. The first-order valence-electron chi connectivity index (χ1n) is 13.8. The van der Waals surface area contributed by atoms with Gasteiger partial charge < -0.3 is 27.5 Å². The summed E-state index contributed by atoms with van der Waals surface area (Å²) in [6, 6.07) is 12.2. The van der Waals surface area contributed by atoms with Crippen LogP contribution in [-0.4, -0.2) is 83.5 Å². The van der Waals surface area contributed by atoms with Crippen LogP contribution in [0.1, 0.15) is 48.4 Å². The van der Waals surface area contributed by atoms with Gasteiger partial charge in [-0.15, -0.1) is 29.8 Å². The molecule has 1 atom stereocenters. The second-order valence-electron chi connectivity index (χ2n) is 8.60. The molecular formula is C29H44Cl4O10Si2. The molecular weight excluding hydrogens is 706 g/mol. The van der Waals surface area contributed by atoms with Gasteiger partial charge in [0.05, 0.1) is 23.1 Å². The highest BCUT2D eigenvalue weighted by Gasteiger charge is 2.49. The van der Waals surface area contributed by atoms with Crippen LogP contribution in [-0.2, 0) is 27.3 Å².